The van der Waals surface area contributed by atoms with E-state index in [1.165, 1.54) is 5.56 Å². The van der Waals surface area contributed by atoms with Crippen molar-refractivity contribution < 1.29 is 9.32 Å². The van der Waals surface area contributed by atoms with E-state index in [1.54, 1.807) is 0 Å². The van der Waals surface area contributed by atoms with Crippen LogP contribution >= 0.6 is 0 Å². The van der Waals surface area contributed by atoms with Crippen molar-refractivity contribution in [2.45, 2.75) is 45.6 Å². The molecule has 1 aliphatic heterocycles. The monoisotopic (exact) mass is 342 g/mol. The largest absolute Gasteiger partial charge is 0.370 e. The minimum atomic E-state index is -0.205. The molecule has 0 spiro atoms. The Kier molecular flexibility index (Phi) is 5.48. The van der Waals surface area contributed by atoms with Crippen LogP contribution in [0.1, 0.15) is 50.5 Å². The van der Waals surface area contributed by atoms with Crippen LogP contribution in [-0.2, 0) is 11.3 Å². The van der Waals surface area contributed by atoms with E-state index in [4.69, 9.17) is 10.3 Å². The summed E-state index contributed by atoms with van der Waals surface area (Å²) in [6.45, 7) is 6.86. The second-order valence-electron chi connectivity index (χ2n) is 7.18. The van der Waals surface area contributed by atoms with Crippen LogP contribution in [0.3, 0.4) is 0 Å². The summed E-state index contributed by atoms with van der Waals surface area (Å²) >= 11 is 0. The van der Waals surface area contributed by atoms with Crippen molar-refractivity contribution in [1.29, 1.82) is 0 Å². The first-order valence-electron chi connectivity index (χ1n) is 8.95. The molecule has 6 nitrogen and oxygen atoms in total. The molecule has 0 saturated carbocycles. The van der Waals surface area contributed by atoms with Gasteiger partial charge in [0.05, 0.1) is 6.54 Å². The molecule has 134 valence electrons. The first-order chi connectivity index (χ1) is 12.0. The summed E-state index contributed by atoms with van der Waals surface area (Å²) in [5.41, 5.74) is 7.55. The maximum atomic E-state index is 11.0. The SMILES string of the molecule is CC(C)c1ccc(-c2noc(CN3CCC(CC(N)=O)CC3)n2)cc1. The lowest BCUT2D eigenvalue weighted by Gasteiger charge is -2.30. The molecule has 25 heavy (non-hydrogen) atoms. The molecular weight excluding hydrogens is 316 g/mol. The van der Waals surface area contributed by atoms with Crippen LogP contribution in [0, 0.1) is 5.92 Å². The Balaban J connectivity index is 1.56. The third-order valence-electron chi connectivity index (χ3n) is 4.86. The summed E-state index contributed by atoms with van der Waals surface area (Å²) in [6.07, 6.45) is 2.46. The van der Waals surface area contributed by atoms with Crippen molar-refractivity contribution in [3.63, 3.8) is 0 Å². The predicted octanol–water partition coefficient (Wildman–Crippen LogP) is 2.95. The maximum Gasteiger partial charge on any atom is 0.241 e. The van der Waals surface area contributed by atoms with Gasteiger partial charge in [-0.05, 0) is 43.3 Å². The molecule has 6 heteroatoms. The van der Waals surface area contributed by atoms with Crippen LogP contribution in [-0.4, -0.2) is 34.0 Å². The highest BCUT2D eigenvalue weighted by atomic mass is 16.5. The summed E-state index contributed by atoms with van der Waals surface area (Å²) < 4.78 is 5.41. The predicted molar refractivity (Wildman–Crippen MR) is 95.6 cm³/mol. The molecule has 3 rings (SSSR count). The lowest BCUT2D eigenvalue weighted by molar-refractivity contribution is -0.119. The highest BCUT2D eigenvalue weighted by Gasteiger charge is 2.22. The van der Waals surface area contributed by atoms with Gasteiger partial charge in [-0.3, -0.25) is 9.69 Å². The van der Waals surface area contributed by atoms with Gasteiger partial charge in [-0.2, -0.15) is 4.98 Å². The van der Waals surface area contributed by atoms with Crippen molar-refractivity contribution in [1.82, 2.24) is 15.0 Å². The molecule has 2 N–H and O–H groups in total. The standard InChI is InChI=1S/C19H26N4O2/c1-13(2)15-3-5-16(6-4-15)19-21-18(25-22-19)12-23-9-7-14(8-10-23)11-17(20)24/h3-6,13-14H,7-12H2,1-2H3,(H2,20,24). The number of benzene rings is 1. The lowest BCUT2D eigenvalue weighted by atomic mass is 9.93. The summed E-state index contributed by atoms with van der Waals surface area (Å²) in [7, 11) is 0. The zero-order valence-electron chi connectivity index (χ0n) is 14.9. The number of primary amides is 1. The fourth-order valence-corrected chi connectivity index (χ4v) is 3.28. The van der Waals surface area contributed by atoms with E-state index in [0.29, 0.717) is 36.5 Å². The Hall–Kier alpha value is -2.21. The zero-order valence-corrected chi connectivity index (χ0v) is 14.9. The number of carbonyl (C=O) groups excluding carboxylic acids is 1. The Labute approximate surface area is 148 Å². The number of hydrogen-bond acceptors (Lipinski definition) is 5. The zero-order chi connectivity index (χ0) is 17.8. The Morgan fingerprint density at radius 2 is 1.96 bits per heavy atom. The number of aromatic nitrogens is 2. The fourth-order valence-electron chi connectivity index (χ4n) is 3.28. The van der Waals surface area contributed by atoms with Crippen LogP contribution in [0.4, 0.5) is 0 Å². The molecule has 0 unspecified atom stereocenters. The van der Waals surface area contributed by atoms with Crippen LogP contribution in [0.25, 0.3) is 11.4 Å². The smallest absolute Gasteiger partial charge is 0.241 e. The van der Waals surface area contributed by atoms with Gasteiger partial charge < -0.3 is 10.3 Å². The van der Waals surface area contributed by atoms with Gasteiger partial charge in [0, 0.05) is 12.0 Å². The Bertz CT molecular complexity index is 700. The van der Waals surface area contributed by atoms with E-state index < -0.39 is 0 Å². The van der Waals surface area contributed by atoms with E-state index in [0.717, 1.165) is 31.5 Å². The minimum Gasteiger partial charge on any atom is -0.370 e. The molecule has 2 aromatic rings. The van der Waals surface area contributed by atoms with Gasteiger partial charge in [0.25, 0.3) is 0 Å². The molecule has 1 aliphatic rings. The maximum absolute atomic E-state index is 11.0. The first-order valence-corrected chi connectivity index (χ1v) is 8.95. The highest BCUT2D eigenvalue weighted by Crippen LogP contribution is 2.23. The van der Waals surface area contributed by atoms with Gasteiger partial charge in [-0.15, -0.1) is 0 Å². The highest BCUT2D eigenvalue weighted by molar-refractivity contribution is 5.74. The van der Waals surface area contributed by atoms with Crippen molar-refractivity contribution in [3.8, 4) is 11.4 Å². The average molecular weight is 342 g/mol. The van der Waals surface area contributed by atoms with Crippen LogP contribution in [0.5, 0.6) is 0 Å². The van der Waals surface area contributed by atoms with Gasteiger partial charge in [0.1, 0.15) is 0 Å². The lowest BCUT2D eigenvalue weighted by Crippen LogP contribution is -2.34. The van der Waals surface area contributed by atoms with Gasteiger partial charge in [-0.1, -0.05) is 43.3 Å². The van der Waals surface area contributed by atoms with Gasteiger partial charge >= 0.3 is 0 Å². The van der Waals surface area contributed by atoms with E-state index in [9.17, 15) is 4.79 Å². The van der Waals surface area contributed by atoms with E-state index in [-0.39, 0.29) is 5.91 Å². The molecule has 1 aromatic heterocycles. The summed E-state index contributed by atoms with van der Waals surface area (Å²) in [5.74, 6) is 1.98. The molecule has 1 fully saturated rings. The summed E-state index contributed by atoms with van der Waals surface area (Å²) in [5, 5.41) is 4.11. The topological polar surface area (TPSA) is 85.3 Å². The summed E-state index contributed by atoms with van der Waals surface area (Å²) in [4.78, 5) is 17.8. The number of rotatable bonds is 6. The van der Waals surface area contributed by atoms with Gasteiger partial charge in [-0.25, -0.2) is 0 Å². The number of piperidine rings is 1. The molecular formula is C19H26N4O2. The number of carbonyl (C=O) groups is 1. The number of amides is 1. The van der Waals surface area contributed by atoms with Crippen molar-refractivity contribution in [2.75, 3.05) is 13.1 Å². The Morgan fingerprint density at radius 3 is 2.56 bits per heavy atom. The minimum absolute atomic E-state index is 0.205. The van der Waals surface area contributed by atoms with Crippen molar-refractivity contribution in [2.24, 2.45) is 11.7 Å². The van der Waals surface area contributed by atoms with Gasteiger partial charge in [0.15, 0.2) is 0 Å². The number of nitrogens with two attached hydrogens (primary N) is 1. The van der Waals surface area contributed by atoms with Crippen LogP contribution in [0.15, 0.2) is 28.8 Å². The second kappa shape index (κ2) is 7.78. The normalized spacial score (nSPS) is 16.4. The first kappa shape index (κ1) is 17.6. The second-order valence-corrected chi connectivity index (χ2v) is 7.18. The average Bonchev–Trinajstić information content (AvgIpc) is 3.05. The fraction of sp³-hybridized carbons (Fsp3) is 0.526. The quantitative estimate of drug-likeness (QED) is 0.872. The number of likely N-dealkylation sites (tertiary alicyclic amines) is 1. The Morgan fingerprint density at radius 1 is 1.28 bits per heavy atom. The van der Waals surface area contributed by atoms with E-state index >= 15 is 0 Å². The van der Waals surface area contributed by atoms with Crippen molar-refractivity contribution in [3.05, 3.63) is 35.7 Å². The number of nitrogens with zero attached hydrogens (tertiary/aromatic N) is 3. The third-order valence-corrected chi connectivity index (χ3v) is 4.86. The molecule has 1 aromatic carbocycles. The molecule has 0 bridgehead atoms. The van der Waals surface area contributed by atoms with Crippen LogP contribution in [0.2, 0.25) is 0 Å². The summed E-state index contributed by atoms with van der Waals surface area (Å²) in [6, 6.07) is 8.30. The molecule has 1 saturated heterocycles. The van der Waals surface area contributed by atoms with E-state index in [2.05, 4.69) is 41.0 Å². The van der Waals surface area contributed by atoms with Gasteiger partial charge in [0.2, 0.25) is 17.6 Å². The molecule has 1 amide bonds. The van der Waals surface area contributed by atoms with Crippen molar-refractivity contribution >= 4 is 5.91 Å². The number of hydrogen-bond donors (Lipinski definition) is 1. The third kappa shape index (κ3) is 4.66. The molecule has 0 aliphatic carbocycles. The van der Waals surface area contributed by atoms with E-state index in [1.807, 2.05) is 12.1 Å². The molecule has 0 atom stereocenters. The molecule has 2 heterocycles. The molecule has 0 radical (unpaired) electrons. The van der Waals surface area contributed by atoms with Crippen LogP contribution < -0.4 is 5.73 Å².